The van der Waals surface area contributed by atoms with Gasteiger partial charge in [-0.2, -0.15) is 0 Å². The number of hydrogen-bond acceptors (Lipinski definition) is 4. The molecule has 0 unspecified atom stereocenters. The van der Waals surface area contributed by atoms with E-state index < -0.39 is 0 Å². The van der Waals surface area contributed by atoms with Gasteiger partial charge in [-0.05, 0) is 32.9 Å². The van der Waals surface area contributed by atoms with E-state index in [2.05, 4.69) is 15.3 Å². The number of para-hydroxylation sites is 2. The Bertz CT molecular complexity index is 606. The number of nitrogens with one attached hydrogen (secondary N) is 1. The normalized spacial score (nSPS) is 10.2. The number of carbonyl (C=O) groups is 1. The summed E-state index contributed by atoms with van der Waals surface area (Å²) in [5.74, 6) is 0.420. The van der Waals surface area contributed by atoms with Gasteiger partial charge in [-0.3, -0.25) is 4.79 Å². The fourth-order valence-corrected chi connectivity index (χ4v) is 1.96. The topological polar surface area (TPSA) is 64.1 Å². The van der Waals surface area contributed by atoms with Crippen molar-refractivity contribution >= 4 is 11.6 Å². The fourth-order valence-electron chi connectivity index (χ4n) is 1.96. The summed E-state index contributed by atoms with van der Waals surface area (Å²) >= 11 is 0. The van der Waals surface area contributed by atoms with Gasteiger partial charge in [0.15, 0.2) is 0 Å². The molecule has 1 amide bonds. The summed E-state index contributed by atoms with van der Waals surface area (Å²) in [7, 11) is 0. The number of carbonyl (C=O) groups excluding carboxylic acids is 1. The van der Waals surface area contributed by atoms with Crippen LogP contribution in [0.15, 0.2) is 30.6 Å². The van der Waals surface area contributed by atoms with Gasteiger partial charge in [-0.1, -0.05) is 12.1 Å². The van der Waals surface area contributed by atoms with Crippen molar-refractivity contribution in [1.82, 2.24) is 9.97 Å². The molecule has 1 heterocycles. The smallest absolute Gasteiger partial charge is 0.259 e. The first-order chi connectivity index (χ1) is 9.63. The molecule has 2 rings (SSSR count). The molecule has 5 nitrogen and oxygen atoms in total. The first-order valence-electron chi connectivity index (χ1n) is 6.44. The first-order valence-corrected chi connectivity index (χ1v) is 6.44. The average Bonchev–Trinajstić information content (AvgIpc) is 2.41. The van der Waals surface area contributed by atoms with Crippen LogP contribution in [0.3, 0.4) is 0 Å². The number of rotatable bonds is 4. The van der Waals surface area contributed by atoms with Gasteiger partial charge >= 0.3 is 0 Å². The first kappa shape index (κ1) is 14.0. The number of ether oxygens (including phenoxy) is 1. The Labute approximate surface area is 118 Å². The number of aromatic nitrogens is 2. The highest BCUT2D eigenvalue weighted by Crippen LogP contribution is 2.24. The van der Waals surface area contributed by atoms with E-state index in [4.69, 9.17) is 4.74 Å². The Morgan fingerprint density at radius 2 is 1.85 bits per heavy atom. The summed E-state index contributed by atoms with van der Waals surface area (Å²) in [4.78, 5) is 20.5. The molecule has 0 bridgehead atoms. The number of aryl methyl sites for hydroxylation is 2. The zero-order chi connectivity index (χ0) is 14.5. The van der Waals surface area contributed by atoms with E-state index in [0.717, 1.165) is 0 Å². The molecule has 1 aromatic heterocycles. The lowest BCUT2D eigenvalue weighted by molar-refractivity contribution is 0.102. The zero-order valence-corrected chi connectivity index (χ0v) is 11.8. The molecule has 1 N–H and O–H groups in total. The maximum Gasteiger partial charge on any atom is 0.259 e. The molecule has 0 saturated heterocycles. The lowest BCUT2D eigenvalue weighted by atomic mass is 10.1. The molecule has 0 radical (unpaired) electrons. The van der Waals surface area contributed by atoms with Crippen LogP contribution in [0, 0.1) is 13.8 Å². The van der Waals surface area contributed by atoms with Gasteiger partial charge in [0.2, 0.25) is 0 Å². The van der Waals surface area contributed by atoms with E-state index >= 15 is 0 Å². The van der Waals surface area contributed by atoms with Crippen molar-refractivity contribution in [1.29, 1.82) is 0 Å². The minimum absolute atomic E-state index is 0.229. The van der Waals surface area contributed by atoms with Gasteiger partial charge in [0, 0.05) is 0 Å². The minimum Gasteiger partial charge on any atom is -0.492 e. The van der Waals surface area contributed by atoms with Gasteiger partial charge in [0.1, 0.15) is 12.1 Å². The number of amides is 1. The predicted molar refractivity (Wildman–Crippen MR) is 77.1 cm³/mol. The average molecular weight is 271 g/mol. The van der Waals surface area contributed by atoms with E-state index in [9.17, 15) is 4.79 Å². The van der Waals surface area contributed by atoms with E-state index in [0.29, 0.717) is 35.0 Å². The second-order valence-electron chi connectivity index (χ2n) is 4.30. The molecule has 0 saturated carbocycles. The van der Waals surface area contributed by atoms with Crippen LogP contribution in [0.5, 0.6) is 5.75 Å². The molecule has 2 aromatic rings. The van der Waals surface area contributed by atoms with Crippen LogP contribution in [-0.2, 0) is 0 Å². The maximum absolute atomic E-state index is 12.4. The van der Waals surface area contributed by atoms with Crippen LogP contribution in [-0.4, -0.2) is 22.5 Å². The second kappa shape index (κ2) is 6.14. The Balaban J connectivity index is 2.28. The third-order valence-electron chi connectivity index (χ3n) is 2.89. The highest BCUT2D eigenvalue weighted by molar-refractivity contribution is 6.06. The van der Waals surface area contributed by atoms with Crippen LogP contribution in [0.1, 0.15) is 28.7 Å². The Morgan fingerprint density at radius 1 is 1.20 bits per heavy atom. The SMILES string of the molecule is CCOc1ccccc1NC(=O)c1c(C)ncnc1C. The monoisotopic (exact) mass is 271 g/mol. The number of hydrogen-bond donors (Lipinski definition) is 1. The predicted octanol–water partition coefficient (Wildman–Crippen LogP) is 2.74. The van der Waals surface area contributed by atoms with Crippen molar-refractivity contribution in [3.8, 4) is 5.75 Å². The highest BCUT2D eigenvalue weighted by atomic mass is 16.5. The van der Waals surface area contributed by atoms with E-state index in [-0.39, 0.29) is 5.91 Å². The standard InChI is InChI=1S/C15H17N3O2/c1-4-20-13-8-6-5-7-12(13)18-15(19)14-10(2)16-9-17-11(14)3/h5-9H,4H2,1-3H3,(H,18,19). The molecule has 5 heteroatoms. The van der Waals surface area contributed by atoms with Crippen LogP contribution < -0.4 is 10.1 Å². The van der Waals surface area contributed by atoms with Crippen LogP contribution in [0.2, 0.25) is 0 Å². The molecule has 1 aromatic carbocycles. The third kappa shape index (κ3) is 2.93. The fraction of sp³-hybridized carbons (Fsp3) is 0.267. The minimum atomic E-state index is -0.229. The van der Waals surface area contributed by atoms with Crippen molar-refractivity contribution in [2.45, 2.75) is 20.8 Å². The molecule has 20 heavy (non-hydrogen) atoms. The summed E-state index contributed by atoms with van der Waals surface area (Å²) in [6.45, 7) is 6.02. The largest absolute Gasteiger partial charge is 0.492 e. The lowest BCUT2D eigenvalue weighted by Crippen LogP contribution is -2.17. The van der Waals surface area contributed by atoms with Crippen molar-refractivity contribution in [3.05, 3.63) is 47.5 Å². The van der Waals surface area contributed by atoms with Crippen molar-refractivity contribution < 1.29 is 9.53 Å². The summed E-state index contributed by atoms with van der Waals surface area (Å²) in [6, 6.07) is 7.33. The maximum atomic E-state index is 12.4. The summed E-state index contributed by atoms with van der Waals surface area (Å²) < 4.78 is 5.49. The molecular weight excluding hydrogens is 254 g/mol. The number of anilines is 1. The molecule has 0 aliphatic rings. The molecule has 104 valence electrons. The second-order valence-corrected chi connectivity index (χ2v) is 4.30. The number of benzene rings is 1. The molecule has 0 aliphatic heterocycles. The molecule has 0 fully saturated rings. The van der Waals surface area contributed by atoms with E-state index in [1.54, 1.807) is 19.9 Å². The lowest BCUT2D eigenvalue weighted by Gasteiger charge is -2.12. The van der Waals surface area contributed by atoms with E-state index in [1.807, 2.05) is 25.1 Å². The molecular formula is C15H17N3O2. The van der Waals surface area contributed by atoms with Gasteiger partial charge < -0.3 is 10.1 Å². The summed E-state index contributed by atoms with van der Waals surface area (Å²) in [6.07, 6.45) is 1.45. The molecule has 0 spiro atoms. The van der Waals surface area contributed by atoms with Gasteiger partial charge in [0.05, 0.1) is 29.2 Å². The quantitative estimate of drug-likeness (QED) is 0.928. The Hall–Kier alpha value is -2.43. The molecule has 0 aliphatic carbocycles. The van der Waals surface area contributed by atoms with Crippen molar-refractivity contribution in [2.24, 2.45) is 0 Å². The third-order valence-corrected chi connectivity index (χ3v) is 2.89. The van der Waals surface area contributed by atoms with Crippen LogP contribution in [0.4, 0.5) is 5.69 Å². The van der Waals surface area contributed by atoms with Crippen molar-refractivity contribution in [2.75, 3.05) is 11.9 Å². The zero-order valence-electron chi connectivity index (χ0n) is 11.8. The molecule has 0 atom stereocenters. The van der Waals surface area contributed by atoms with Gasteiger partial charge in [-0.15, -0.1) is 0 Å². The summed E-state index contributed by atoms with van der Waals surface area (Å²) in [5.41, 5.74) is 2.45. The van der Waals surface area contributed by atoms with Crippen LogP contribution in [0.25, 0.3) is 0 Å². The van der Waals surface area contributed by atoms with Crippen LogP contribution >= 0.6 is 0 Å². The van der Waals surface area contributed by atoms with Gasteiger partial charge in [0.25, 0.3) is 5.91 Å². The van der Waals surface area contributed by atoms with Gasteiger partial charge in [-0.25, -0.2) is 9.97 Å². The number of nitrogens with zero attached hydrogens (tertiary/aromatic N) is 2. The Kier molecular flexibility index (Phi) is 4.30. The van der Waals surface area contributed by atoms with Crippen molar-refractivity contribution in [3.63, 3.8) is 0 Å². The highest BCUT2D eigenvalue weighted by Gasteiger charge is 2.15. The summed E-state index contributed by atoms with van der Waals surface area (Å²) in [5, 5.41) is 2.85. The van der Waals surface area contributed by atoms with E-state index in [1.165, 1.54) is 6.33 Å². The Morgan fingerprint density at radius 3 is 2.50 bits per heavy atom.